The fraction of sp³-hybridized carbons (Fsp3) is 0.409. The lowest BCUT2D eigenvalue weighted by Gasteiger charge is -2.24. The molecule has 0 spiro atoms. The van der Waals surface area contributed by atoms with Crippen molar-refractivity contribution in [2.75, 3.05) is 5.32 Å². The van der Waals surface area contributed by atoms with Gasteiger partial charge in [-0.1, -0.05) is 0 Å². The molecule has 10 heteroatoms. The average Bonchev–Trinajstić information content (AvgIpc) is 3.51. The van der Waals surface area contributed by atoms with Gasteiger partial charge in [0, 0.05) is 49.7 Å². The van der Waals surface area contributed by atoms with Crippen LogP contribution in [0.3, 0.4) is 0 Å². The lowest BCUT2D eigenvalue weighted by Crippen LogP contribution is -2.29. The second-order valence-electron chi connectivity index (χ2n) is 8.25. The fourth-order valence-corrected chi connectivity index (χ4v) is 4.25. The first-order valence-electron chi connectivity index (χ1n) is 10.9. The Morgan fingerprint density at radius 1 is 1.28 bits per heavy atom. The number of nitrogens with one attached hydrogen (secondary N) is 2. The summed E-state index contributed by atoms with van der Waals surface area (Å²) in [5.74, 6) is 1.51. The van der Waals surface area contributed by atoms with E-state index in [4.69, 9.17) is 4.98 Å². The SMILES string of the molecule is C[C@H]1CCc2c(ccc3c2nc(CCn2cccn2)n3CC(=O)NCc2ncnn2C)N1. The summed E-state index contributed by atoms with van der Waals surface area (Å²) >= 11 is 0. The molecule has 5 rings (SSSR count). The molecule has 0 fully saturated rings. The van der Waals surface area contributed by atoms with Crippen LogP contribution in [-0.2, 0) is 44.3 Å². The van der Waals surface area contributed by atoms with Crippen molar-refractivity contribution in [2.24, 2.45) is 7.05 Å². The van der Waals surface area contributed by atoms with E-state index in [1.807, 2.05) is 28.6 Å². The molecule has 0 aliphatic carbocycles. The number of carbonyl (C=O) groups excluding carboxylic acids is 1. The Kier molecular flexibility index (Phi) is 5.34. The molecule has 1 aromatic carbocycles. The molecular formula is C22H27N9O. The fourth-order valence-electron chi connectivity index (χ4n) is 4.25. The van der Waals surface area contributed by atoms with E-state index in [9.17, 15) is 4.79 Å². The van der Waals surface area contributed by atoms with Gasteiger partial charge in [0.1, 0.15) is 24.5 Å². The summed E-state index contributed by atoms with van der Waals surface area (Å²) in [4.78, 5) is 22.0. The van der Waals surface area contributed by atoms with E-state index in [1.54, 1.807) is 10.9 Å². The highest BCUT2D eigenvalue weighted by molar-refractivity contribution is 5.87. The molecule has 0 bridgehead atoms. The molecule has 166 valence electrons. The number of carbonyl (C=O) groups is 1. The molecule has 1 atom stereocenters. The lowest BCUT2D eigenvalue weighted by molar-refractivity contribution is -0.121. The van der Waals surface area contributed by atoms with Crippen LogP contribution >= 0.6 is 0 Å². The summed E-state index contributed by atoms with van der Waals surface area (Å²) in [6, 6.07) is 6.54. The van der Waals surface area contributed by atoms with Gasteiger partial charge in [0.05, 0.1) is 17.6 Å². The Morgan fingerprint density at radius 2 is 2.19 bits per heavy atom. The molecule has 0 unspecified atom stereocenters. The van der Waals surface area contributed by atoms with Gasteiger partial charge in [-0.2, -0.15) is 10.2 Å². The van der Waals surface area contributed by atoms with Gasteiger partial charge in [-0.15, -0.1) is 0 Å². The number of fused-ring (bicyclic) bond motifs is 3. The third kappa shape index (κ3) is 3.95. The molecule has 32 heavy (non-hydrogen) atoms. The van der Waals surface area contributed by atoms with E-state index < -0.39 is 0 Å². The Balaban J connectivity index is 1.43. The maximum atomic E-state index is 12.8. The number of amides is 1. The molecule has 0 radical (unpaired) electrons. The highest BCUT2D eigenvalue weighted by Crippen LogP contribution is 2.32. The van der Waals surface area contributed by atoms with Crippen molar-refractivity contribution in [3.63, 3.8) is 0 Å². The highest BCUT2D eigenvalue weighted by atomic mass is 16.1. The first kappa shape index (κ1) is 20.2. The third-order valence-electron chi connectivity index (χ3n) is 6.01. The predicted octanol–water partition coefficient (Wildman–Crippen LogP) is 1.67. The number of rotatable bonds is 7. The van der Waals surface area contributed by atoms with Crippen molar-refractivity contribution in [1.82, 2.24) is 39.4 Å². The van der Waals surface area contributed by atoms with Crippen molar-refractivity contribution in [2.45, 2.75) is 51.9 Å². The van der Waals surface area contributed by atoms with Gasteiger partial charge in [0.2, 0.25) is 5.91 Å². The second-order valence-corrected chi connectivity index (χ2v) is 8.25. The summed E-state index contributed by atoms with van der Waals surface area (Å²) in [6.45, 7) is 3.43. The van der Waals surface area contributed by atoms with Crippen LogP contribution in [0, 0.1) is 0 Å². The van der Waals surface area contributed by atoms with E-state index >= 15 is 0 Å². The van der Waals surface area contributed by atoms with E-state index in [0.717, 1.165) is 35.4 Å². The second kappa shape index (κ2) is 8.45. The summed E-state index contributed by atoms with van der Waals surface area (Å²) < 4.78 is 5.57. The van der Waals surface area contributed by atoms with Gasteiger partial charge in [-0.25, -0.2) is 9.97 Å². The number of benzene rings is 1. The van der Waals surface area contributed by atoms with Crippen LogP contribution in [-0.4, -0.2) is 46.0 Å². The zero-order valence-electron chi connectivity index (χ0n) is 18.3. The smallest absolute Gasteiger partial charge is 0.240 e. The van der Waals surface area contributed by atoms with Gasteiger partial charge < -0.3 is 15.2 Å². The predicted molar refractivity (Wildman–Crippen MR) is 120 cm³/mol. The normalized spacial score (nSPS) is 15.5. The number of aromatic nitrogens is 7. The van der Waals surface area contributed by atoms with Crippen LogP contribution in [0.4, 0.5) is 5.69 Å². The van der Waals surface area contributed by atoms with E-state index in [-0.39, 0.29) is 12.5 Å². The average molecular weight is 434 g/mol. The number of hydrogen-bond donors (Lipinski definition) is 2. The van der Waals surface area contributed by atoms with Crippen molar-refractivity contribution < 1.29 is 4.79 Å². The molecule has 4 aromatic rings. The zero-order chi connectivity index (χ0) is 22.1. The number of anilines is 1. The number of hydrogen-bond acceptors (Lipinski definition) is 6. The maximum absolute atomic E-state index is 12.8. The molecular weight excluding hydrogens is 406 g/mol. The standard InChI is InChI=1S/C22H27N9O/c1-15-4-5-16-17(27-15)6-7-18-22(16)28-19(8-11-30-10-3-9-25-30)31(18)13-21(32)23-12-20-24-14-26-29(20)2/h3,6-7,9-10,14-15,27H,4-5,8,11-13H2,1-2H3,(H,23,32)/t15-/m0/s1. The van der Waals surface area contributed by atoms with Crippen LogP contribution in [0.5, 0.6) is 0 Å². The van der Waals surface area contributed by atoms with Gasteiger partial charge in [-0.3, -0.25) is 14.2 Å². The van der Waals surface area contributed by atoms with Crippen LogP contribution in [0.1, 0.15) is 30.6 Å². The first-order chi connectivity index (χ1) is 15.6. The Bertz CT molecular complexity index is 1240. The Hall–Kier alpha value is -3.69. The molecule has 4 heterocycles. The van der Waals surface area contributed by atoms with Gasteiger partial charge in [-0.05, 0) is 38.0 Å². The molecule has 1 amide bonds. The number of nitrogens with zero attached hydrogens (tertiary/aromatic N) is 7. The quantitative estimate of drug-likeness (QED) is 0.459. The summed E-state index contributed by atoms with van der Waals surface area (Å²) in [5.41, 5.74) is 4.35. The number of imidazole rings is 1. The van der Waals surface area contributed by atoms with Crippen LogP contribution < -0.4 is 10.6 Å². The Morgan fingerprint density at radius 3 is 2.97 bits per heavy atom. The topological polar surface area (TPSA) is 107 Å². The van der Waals surface area contributed by atoms with Gasteiger partial charge in [0.15, 0.2) is 0 Å². The Labute approximate surface area is 185 Å². The molecule has 3 aromatic heterocycles. The highest BCUT2D eigenvalue weighted by Gasteiger charge is 2.22. The largest absolute Gasteiger partial charge is 0.382 e. The molecule has 2 N–H and O–H groups in total. The molecule has 0 saturated carbocycles. The van der Waals surface area contributed by atoms with Crippen molar-refractivity contribution in [3.8, 4) is 0 Å². The lowest BCUT2D eigenvalue weighted by atomic mass is 9.98. The monoisotopic (exact) mass is 433 g/mol. The van der Waals surface area contributed by atoms with Crippen LogP contribution in [0.15, 0.2) is 36.9 Å². The minimum atomic E-state index is -0.0860. The van der Waals surface area contributed by atoms with Gasteiger partial charge in [0.25, 0.3) is 0 Å². The zero-order valence-corrected chi connectivity index (χ0v) is 18.3. The van der Waals surface area contributed by atoms with E-state index in [0.29, 0.717) is 31.4 Å². The van der Waals surface area contributed by atoms with E-state index in [2.05, 4.69) is 44.9 Å². The summed E-state index contributed by atoms with van der Waals surface area (Å²) in [5, 5.41) is 14.9. The third-order valence-corrected chi connectivity index (χ3v) is 6.01. The summed E-state index contributed by atoms with van der Waals surface area (Å²) in [7, 11) is 1.81. The molecule has 0 saturated heterocycles. The molecule has 1 aliphatic heterocycles. The first-order valence-corrected chi connectivity index (χ1v) is 10.9. The van der Waals surface area contributed by atoms with Crippen LogP contribution in [0.25, 0.3) is 11.0 Å². The minimum Gasteiger partial charge on any atom is -0.382 e. The van der Waals surface area contributed by atoms with Gasteiger partial charge >= 0.3 is 0 Å². The van der Waals surface area contributed by atoms with Crippen molar-refractivity contribution >= 4 is 22.6 Å². The van der Waals surface area contributed by atoms with Crippen molar-refractivity contribution in [3.05, 3.63) is 54.1 Å². The summed E-state index contributed by atoms with van der Waals surface area (Å²) in [6.07, 6.45) is 7.93. The molecule has 1 aliphatic rings. The maximum Gasteiger partial charge on any atom is 0.240 e. The minimum absolute atomic E-state index is 0.0860. The van der Waals surface area contributed by atoms with Crippen LogP contribution in [0.2, 0.25) is 0 Å². The molecule has 10 nitrogen and oxygen atoms in total. The number of aryl methyl sites for hydroxylation is 4. The van der Waals surface area contributed by atoms with E-state index in [1.165, 1.54) is 11.9 Å². The van der Waals surface area contributed by atoms with Crippen molar-refractivity contribution in [1.29, 1.82) is 0 Å².